The lowest BCUT2D eigenvalue weighted by molar-refractivity contribution is 0.332. The summed E-state index contributed by atoms with van der Waals surface area (Å²) in [6.45, 7) is 31.9. The van der Waals surface area contributed by atoms with E-state index in [0.717, 1.165) is 0 Å². The van der Waals surface area contributed by atoms with Crippen LogP contribution in [0, 0.1) is 0 Å². The summed E-state index contributed by atoms with van der Waals surface area (Å²) in [5.74, 6) is 0. The van der Waals surface area contributed by atoms with E-state index >= 15 is 0 Å². The Balaban J connectivity index is 1.42. The molecule has 0 unspecified atom stereocenters. The number of para-hydroxylation sites is 1. The van der Waals surface area contributed by atoms with Gasteiger partial charge in [-0.15, -0.1) is 0 Å². The van der Waals surface area contributed by atoms with Crippen LogP contribution < -0.4 is 26.2 Å². The number of hydrogen-bond acceptors (Lipinski definition) is 2. The fourth-order valence-electron chi connectivity index (χ4n) is 11.7. The molecule has 0 amide bonds. The molecule has 0 N–H and O–H groups in total. The number of benzene rings is 6. The van der Waals surface area contributed by atoms with E-state index in [1.165, 1.54) is 0 Å². The molecular formula is C64H74BN3. The number of fused-ring (bicyclic) bond motifs is 11. The molecule has 4 heterocycles. The molecule has 0 bridgehead atoms. The molecule has 1 aromatic heterocycles. The molecule has 5 aliphatic rings. The van der Waals surface area contributed by atoms with Gasteiger partial charge in [0.1, 0.15) is 0 Å². The van der Waals surface area contributed by atoms with Crippen LogP contribution >= 0.6 is 0 Å². The van der Waals surface area contributed by atoms with E-state index in [1.54, 1.807) is 14.4 Å². The summed E-state index contributed by atoms with van der Waals surface area (Å²) in [5.41, 5.74) is -1.37. The molecule has 0 radical (unpaired) electrons. The molecule has 4 heteroatoms. The van der Waals surface area contributed by atoms with Gasteiger partial charge < -0.3 is 14.4 Å². The van der Waals surface area contributed by atoms with Gasteiger partial charge in [-0.3, -0.25) is 0 Å². The molecule has 0 saturated heterocycles. The highest BCUT2D eigenvalue weighted by Crippen LogP contribution is 2.56. The molecule has 0 fully saturated rings. The maximum atomic E-state index is 11.0. The van der Waals surface area contributed by atoms with Crippen LogP contribution in [0.4, 0.5) is 34.1 Å². The summed E-state index contributed by atoms with van der Waals surface area (Å²) in [6, 6.07) is -3.07. The van der Waals surface area contributed by atoms with E-state index in [-0.39, 0.29) is 167 Å². The summed E-state index contributed by atoms with van der Waals surface area (Å²) in [4.78, 5) is 3.30. The van der Waals surface area contributed by atoms with Gasteiger partial charge in [0.15, 0.2) is 0 Å². The van der Waals surface area contributed by atoms with Gasteiger partial charge in [0.25, 0.3) is 6.71 Å². The monoisotopic (exact) mass is 911 g/mol. The Morgan fingerprint density at radius 1 is 0.456 bits per heavy atom. The molecule has 6 aromatic carbocycles. The van der Waals surface area contributed by atoms with Crippen LogP contribution in [0.5, 0.6) is 0 Å². The molecule has 3 nitrogen and oxygen atoms in total. The van der Waals surface area contributed by atoms with Gasteiger partial charge in [-0.25, -0.2) is 0 Å². The van der Waals surface area contributed by atoms with Crippen LogP contribution in [0.15, 0.2) is 90.6 Å². The van der Waals surface area contributed by atoms with Crippen LogP contribution in [0.2, 0.25) is 0 Å². The summed E-state index contributed by atoms with van der Waals surface area (Å²) >= 11 is 0. The van der Waals surface area contributed by atoms with E-state index in [9.17, 15) is 20.6 Å². The molecule has 0 atom stereocenters. The van der Waals surface area contributed by atoms with Crippen molar-refractivity contribution in [1.82, 2.24) is 4.57 Å². The topological polar surface area (TPSA) is 11.4 Å². The largest absolute Gasteiger partial charge is 0.311 e. The maximum Gasteiger partial charge on any atom is 0.252 e. The van der Waals surface area contributed by atoms with Gasteiger partial charge in [-0.2, -0.15) is 0 Å². The zero-order valence-corrected chi connectivity index (χ0v) is 43.2. The molecule has 12 rings (SSSR count). The van der Waals surface area contributed by atoms with Crippen molar-refractivity contribution in [1.29, 1.82) is 0 Å². The predicted octanol–water partition coefficient (Wildman–Crippen LogP) is 15.8. The average Bonchev–Trinajstić information content (AvgIpc) is 1.68. The molecule has 3 aliphatic heterocycles. The Kier molecular flexibility index (Phi) is 5.97. The smallest absolute Gasteiger partial charge is 0.252 e. The summed E-state index contributed by atoms with van der Waals surface area (Å²) in [7, 11) is 0. The van der Waals surface area contributed by atoms with Crippen LogP contribution in [0.1, 0.15) is 203 Å². The quantitative estimate of drug-likeness (QED) is 0.152. The minimum Gasteiger partial charge on any atom is -0.311 e. The lowest BCUT2D eigenvalue weighted by Gasteiger charge is -2.49. The molecule has 7 aromatic rings. The molecule has 0 spiro atoms. The molecule has 348 valence electrons. The van der Waals surface area contributed by atoms with Crippen LogP contribution in [0.25, 0.3) is 27.5 Å². The Hall–Kier alpha value is -5.22. The van der Waals surface area contributed by atoms with E-state index in [0.29, 0.717) is 47.9 Å². The van der Waals surface area contributed by atoms with Gasteiger partial charge in [0.05, 0.1) is 48.7 Å². The van der Waals surface area contributed by atoms with Crippen molar-refractivity contribution in [3.63, 3.8) is 0 Å². The maximum absolute atomic E-state index is 11.0. The van der Waals surface area contributed by atoms with Gasteiger partial charge in [-0.1, -0.05) is 148 Å². The van der Waals surface area contributed by atoms with Gasteiger partial charge >= 0.3 is 0 Å². The summed E-state index contributed by atoms with van der Waals surface area (Å²) in [6.07, 6.45) is 2.67. The first-order valence-corrected chi connectivity index (χ1v) is 24.8. The van der Waals surface area contributed by atoms with E-state index in [4.69, 9.17) is 0 Å². The first-order valence-electron chi connectivity index (χ1n) is 32.3. The van der Waals surface area contributed by atoms with Crippen LogP contribution in [-0.2, 0) is 37.9 Å². The fraction of sp³-hybridized carbons (Fsp3) is 0.438. The van der Waals surface area contributed by atoms with Crippen molar-refractivity contribution in [2.75, 3.05) is 9.80 Å². The van der Waals surface area contributed by atoms with E-state index in [2.05, 4.69) is 27.7 Å². The normalized spacial score (nSPS) is 22.2. The zero-order valence-electron chi connectivity index (χ0n) is 58.2. The molecular weight excluding hydrogens is 822 g/mol. The number of hydrogen-bond donors (Lipinski definition) is 0. The Morgan fingerprint density at radius 3 is 1.60 bits per heavy atom. The molecule has 2 aliphatic carbocycles. The SMILES string of the molecule is [2H]c1c([2H])c2c3c(c1[2H])-n1c4c([2H])c([2H])c(C(C)(C)C)c([2H])c4c4c([2H])c(C(C)(C)C)c([2H])c(c41)N3c1c([2H])c(C(C)(C)C)c([2H])c3c1B2c1c([2H])c2c(c([2H])c1N3c1c([2H])c([2H])c3c(c1[2H])C(C)(C)CCC3(C)C)C(C)(C)CCC2(C)C. The van der Waals surface area contributed by atoms with Crippen LogP contribution in [0.3, 0.4) is 0 Å². The second-order valence-electron chi connectivity index (χ2n) is 26.4. The zero-order chi connectivity index (χ0) is 61.4. The van der Waals surface area contributed by atoms with Crippen molar-refractivity contribution in [3.8, 4) is 5.69 Å². The third-order valence-electron chi connectivity index (χ3n) is 16.2. The first kappa shape index (κ1) is 30.4. The minimum atomic E-state index is -1.35. The standard InChI is InChI=1S/C64H74BN3/c1-58(2,3)37-21-24-49-41(29-37)42-30-38(59(4,5)6)33-54-56(42)67(49)50-20-18-19-47-57(50)68(54)53-32-39(60(7,8)9)31-52-55(53)65(47)48-35-45-46(64(16,17)28-27-63(45,14)15)36-51(48)66(52)40-22-23-43-44(34-40)62(12,13)26-25-61(43,10)11/h18-24,29-36H,25-28H2,1-17H3/i18D,19D,20D,21D,22D,23D,24D,29D,30D,31D,32D,33D,34D,35D,36D. The highest BCUT2D eigenvalue weighted by atomic mass is 15.2. The average molecular weight is 911 g/mol. The third kappa shape index (κ3) is 5.97. The van der Waals surface area contributed by atoms with E-state index < -0.39 is 62.7 Å². The lowest BCUT2D eigenvalue weighted by Crippen LogP contribution is -2.62. The first-order chi connectivity index (χ1) is 37.9. The molecule has 68 heavy (non-hydrogen) atoms. The number of aromatic nitrogens is 1. The van der Waals surface area contributed by atoms with Crippen molar-refractivity contribution in [2.24, 2.45) is 0 Å². The Labute approximate surface area is 429 Å². The lowest BCUT2D eigenvalue weighted by atomic mass is 9.33. The summed E-state index contributed by atoms with van der Waals surface area (Å²) < 4.78 is 157. The van der Waals surface area contributed by atoms with Crippen molar-refractivity contribution < 1.29 is 20.6 Å². The highest BCUT2D eigenvalue weighted by molar-refractivity contribution is 7.00. The third-order valence-corrected chi connectivity index (χ3v) is 16.2. The number of rotatable bonds is 1. The van der Waals surface area contributed by atoms with Crippen LogP contribution in [-0.4, -0.2) is 11.3 Å². The van der Waals surface area contributed by atoms with Crippen molar-refractivity contribution >= 4 is 79.0 Å². The fourth-order valence-corrected chi connectivity index (χ4v) is 11.7. The second-order valence-corrected chi connectivity index (χ2v) is 26.4. The van der Waals surface area contributed by atoms with Gasteiger partial charge in [0.2, 0.25) is 0 Å². The number of anilines is 6. The minimum absolute atomic E-state index is 0.00883. The van der Waals surface area contributed by atoms with Gasteiger partial charge in [-0.05, 0) is 179 Å². The van der Waals surface area contributed by atoms with E-state index in [1.807, 2.05) is 90.0 Å². The molecule has 0 saturated carbocycles. The Morgan fingerprint density at radius 2 is 0.985 bits per heavy atom. The number of nitrogens with zero attached hydrogens (tertiary/aromatic N) is 3. The van der Waals surface area contributed by atoms with Crippen molar-refractivity contribution in [2.45, 2.75) is 181 Å². The van der Waals surface area contributed by atoms with Crippen molar-refractivity contribution in [3.05, 3.63) is 130 Å². The highest BCUT2D eigenvalue weighted by Gasteiger charge is 2.49. The second kappa shape index (κ2) is 13.3. The Bertz CT molecular complexity index is 4240. The summed E-state index contributed by atoms with van der Waals surface area (Å²) in [5, 5.41) is 0.331. The predicted molar refractivity (Wildman–Crippen MR) is 295 cm³/mol. The van der Waals surface area contributed by atoms with Gasteiger partial charge in [0, 0.05) is 33.5 Å².